The molecule has 1 aromatic carbocycles. The third kappa shape index (κ3) is 4.38. The van der Waals surface area contributed by atoms with Crippen molar-refractivity contribution in [1.82, 2.24) is 10.0 Å². The predicted molar refractivity (Wildman–Crippen MR) is 87.2 cm³/mol. The summed E-state index contributed by atoms with van der Waals surface area (Å²) >= 11 is 1.33. The summed E-state index contributed by atoms with van der Waals surface area (Å²) in [5.74, 6) is 0. The smallest absolute Gasteiger partial charge is 0.250 e. The summed E-state index contributed by atoms with van der Waals surface area (Å²) in [4.78, 5) is 1.07. The lowest BCUT2D eigenvalue weighted by Crippen LogP contribution is -2.22. The van der Waals surface area contributed by atoms with E-state index in [9.17, 15) is 8.42 Å². The number of nitrogens with one attached hydrogen (secondary N) is 2. The van der Waals surface area contributed by atoms with E-state index in [1.165, 1.54) is 11.3 Å². The van der Waals surface area contributed by atoms with Crippen molar-refractivity contribution in [3.8, 4) is 0 Å². The maximum Gasteiger partial charge on any atom is 0.250 e. The minimum atomic E-state index is -3.43. The zero-order valence-corrected chi connectivity index (χ0v) is 13.9. The second-order valence-corrected chi connectivity index (χ2v) is 7.99. The number of aryl methyl sites for hydroxylation is 1. The Morgan fingerprint density at radius 1 is 1.14 bits per heavy atom. The highest BCUT2D eigenvalue weighted by atomic mass is 32.2. The molecule has 0 atom stereocenters. The van der Waals surface area contributed by atoms with Crippen molar-refractivity contribution in [1.29, 1.82) is 0 Å². The van der Waals surface area contributed by atoms with Gasteiger partial charge in [-0.1, -0.05) is 24.3 Å². The number of hydrogen-bond donors (Lipinski definition) is 2. The summed E-state index contributed by atoms with van der Waals surface area (Å²) in [6.45, 7) is 3.14. The summed E-state index contributed by atoms with van der Waals surface area (Å²) in [7, 11) is -1.55. The number of benzene rings is 1. The lowest BCUT2D eigenvalue weighted by atomic mass is 10.1. The molecule has 0 saturated carbocycles. The first-order valence-electron chi connectivity index (χ1n) is 6.80. The van der Waals surface area contributed by atoms with E-state index in [2.05, 4.69) is 10.0 Å². The topological polar surface area (TPSA) is 58.2 Å². The molecule has 21 heavy (non-hydrogen) atoms. The number of likely N-dealkylation sites (N-methyl/N-ethyl adjacent to an activating group) is 1. The molecule has 4 nitrogen and oxygen atoms in total. The molecule has 0 bridgehead atoms. The van der Waals surface area contributed by atoms with Crippen molar-refractivity contribution in [2.24, 2.45) is 0 Å². The molecule has 0 spiro atoms. The van der Waals surface area contributed by atoms with Crippen molar-refractivity contribution >= 4 is 21.4 Å². The highest BCUT2D eigenvalue weighted by Gasteiger charge is 2.16. The van der Waals surface area contributed by atoms with Gasteiger partial charge in [-0.3, -0.25) is 0 Å². The van der Waals surface area contributed by atoms with Gasteiger partial charge >= 0.3 is 0 Å². The van der Waals surface area contributed by atoms with Crippen LogP contribution in [0.1, 0.15) is 16.0 Å². The van der Waals surface area contributed by atoms with E-state index in [-0.39, 0.29) is 0 Å². The zero-order chi connectivity index (χ0) is 15.3. The highest BCUT2D eigenvalue weighted by Crippen LogP contribution is 2.22. The number of hydrogen-bond acceptors (Lipinski definition) is 4. The minimum absolute atomic E-state index is 0.318. The molecule has 0 aliphatic rings. The first kappa shape index (κ1) is 16.2. The number of thiophene rings is 1. The van der Waals surface area contributed by atoms with Gasteiger partial charge in [0.2, 0.25) is 10.0 Å². The predicted octanol–water partition coefficient (Wildman–Crippen LogP) is 2.30. The Morgan fingerprint density at radius 2 is 1.90 bits per heavy atom. The van der Waals surface area contributed by atoms with Crippen LogP contribution in [-0.2, 0) is 23.0 Å². The van der Waals surface area contributed by atoms with E-state index < -0.39 is 10.0 Å². The molecule has 0 radical (unpaired) electrons. The van der Waals surface area contributed by atoms with Crippen LogP contribution < -0.4 is 10.0 Å². The lowest BCUT2D eigenvalue weighted by Gasteiger charge is -2.07. The Balaban J connectivity index is 2.05. The second kappa shape index (κ2) is 7.17. The van der Waals surface area contributed by atoms with E-state index in [4.69, 9.17) is 0 Å². The first-order valence-corrected chi connectivity index (χ1v) is 9.10. The largest absolute Gasteiger partial charge is 0.319 e. The quantitative estimate of drug-likeness (QED) is 0.821. The third-order valence-corrected chi connectivity index (χ3v) is 6.28. The van der Waals surface area contributed by atoms with Gasteiger partial charge in [-0.15, -0.1) is 11.3 Å². The Morgan fingerprint density at radius 3 is 2.62 bits per heavy atom. The maximum absolute atomic E-state index is 12.3. The fourth-order valence-corrected chi connectivity index (χ4v) is 4.34. The summed E-state index contributed by atoms with van der Waals surface area (Å²) in [6.07, 6.45) is 0.842. The van der Waals surface area contributed by atoms with Crippen molar-refractivity contribution < 1.29 is 8.42 Å². The van der Waals surface area contributed by atoms with E-state index in [1.807, 2.05) is 44.3 Å². The van der Waals surface area contributed by atoms with Gasteiger partial charge in [-0.25, -0.2) is 13.1 Å². The molecule has 0 saturated heterocycles. The Kier molecular flexibility index (Phi) is 5.52. The van der Waals surface area contributed by atoms with Gasteiger partial charge in [0.1, 0.15) is 4.21 Å². The second-order valence-electron chi connectivity index (χ2n) is 4.83. The molecule has 1 aromatic heterocycles. The normalized spacial score (nSPS) is 11.7. The van der Waals surface area contributed by atoms with Crippen LogP contribution in [0, 0.1) is 6.92 Å². The van der Waals surface area contributed by atoms with Crippen LogP contribution >= 0.6 is 11.3 Å². The van der Waals surface area contributed by atoms with E-state index in [0.29, 0.717) is 10.8 Å². The fourth-order valence-electron chi connectivity index (χ4n) is 1.94. The SMILES string of the molecule is CNCCc1ccc(S(=O)(=O)NCc2ccccc2C)s1. The van der Waals surface area contributed by atoms with Crippen molar-refractivity contribution in [3.63, 3.8) is 0 Å². The van der Waals surface area contributed by atoms with Gasteiger partial charge < -0.3 is 5.32 Å². The molecule has 0 aliphatic heterocycles. The van der Waals surface area contributed by atoms with Crippen LogP contribution in [0.5, 0.6) is 0 Å². The average Bonchev–Trinajstić information content (AvgIpc) is 2.94. The third-order valence-electron chi connectivity index (χ3n) is 3.24. The van der Waals surface area contributed by atoms with E-state index in [0.717, 1.165) is 29.0 Å². The summed E-state index contributed by atoms with van der Waals surface area (Å²) < 4.78 is 27.6. The van der Waals surface area contributed by atoms with E-state index >= 15 is 0 Å². The molecule has 0 unspecified atom stereocenters. The lowest BCUT2D eigenvalue weighted by molar-refractivity contribution is 0.583. The van der Waals surface area contributed by atoms with Crippen LogP contribution in [0.3, 0.4) is 0 Å². The van der Waals surface area contributed by atoms with E-state index in [1.54, 1.807) is 6.07 Å². The number of sulfonamides is 1. The molecule has 6 heteroatoms. The van der Waals surface area contributed by atoms with Crippen LogP contribution in [0.25, 0.3) is 0 Å². The summed E-state index contributed by atoms with van der Waals surface area (Å²) in [5, 5.41) is 3.06. The molecular formula is C15H20N2O2S2. The van der Waals surface area contributed by atoms with Gasteiger partial charge in [0.15, 0.2) is 0 Å². The number of rotatable bonds is 7. The van der Waals surface area contributed by atoms with Crippen molar-refractivity contribution in [2.75, 3.05) is 13.6 Å². The zero-order valence-electron chi connectivity index (χ0n) is 12.2. The minimum Gasteiger partial charge on any atom is -0.319 e. The Hall–Kier alpha value is -1.21. The first-order chi connectivity index (χ1) is 10.0. The van der Waals surface area contributed by atoms with Gasteiger partial charge in [-0.05, 0) is 50.2 Å². The average molecular weight is 324 g/mol. The molecule has 2 aromatic rings. The van der Waals surface area contributed by atoms with Gasteiger partial charge in [0, 0.05) is 11.4 Å². The van der Waals surface area contributed by atoms with Crippen LogP contribution in [0.2, 0.25) is 0 Å². The molecule has 0 amide bonds. The Labute approximate surface area is 130 Å². The molecular weight excluding hydrogens is 304 g/mol. The Bertz CT molecular complexity index is 693. The summed E-state index contributed by atoms with van der Waals surface area (Å²) in [6, 6.07) is 11.3. The fraction of sp³-hybridized carbons (Fsp3) is 0.333. The molecule has 2 rings (SSSR count). The standard InChI is InChI=1S/C15H20N2O2S2/c1-12-5-3-4-6-13(12)11-17-21(18,19)15-8-7-14(20-15)9-10-16-2/h3-8,16-17H,9-11H2,1-2H3. The van der Waals surface area contributed by atoms with Gasteiger partial charge in [0.05, 0.1) is 0 Å². The molecule has 2 N–H and O–H groups in total. The summed E-state index contributed by atoms with van der Waals surface area (Å²) in [5.41, 5.74) is 2.08. The highest BCUT2D eigenvalue weighted by molar-refractivity contribution is 7.91. The molecule has 0 aliphatic carbocycles. The van der Waals surface area contributed by atoms with Gasteiger partial charge in [-0.2, -0.15) is 0 Å². The van der Waals surface area contributed by atoms with Crippen LogP contribution in [0.4, 0.5) is 0 Å². The van der Waals surface area contributed by atoms with Crippen molar-refractivity contribution in [2.45, 2.75) is 24.1 Å². The molecule has 0 fully saturated rings. The van der Waals surface area contributed by atoms with Crippen molar-refractivity contribution in [3.05, 3.63) is 52.4 Å². The molecule has 1 heterocycles. The van der Waals surface area contributed by atoms with Gasteiger partial charge in [0.25, 0.3) is 0 Å². The van der Waals surface area contributed by atoms with Crippen LogP contribution in [0.15, 0.2) is 40.6 Å². The monoisotopic (exact) mass is 324 g/mol. The molecule has 114 valence electrons. The maximum atomic E-state index is 12.3. The van der Waals surface area contributed by atoms with Crippen LogP contribution in [-0.4, -0.2) is 22.0 Å².